The van der Waals surface area contributed by atoms with Crippen LogP contribution in [-0.4, -0.2) is 51.0 Å². The predicted molar refractivity (Wildman–Crippen MR) is 123 cm³/mol. The molecule has 4 aliphatic carbocycles. The van der Waals surface area contributed by atoms with Crippen LogP contribution < -0.4 is 0 Å². The average molecular weight is 450 g/mol. The Morgan fingerprint density at radius 2 is 1.59 bits per heavy atom. The number of amides is 1. The maximum atomic E-state index is 17.3. The SMILES string of the molecule is C[C@H]1C[C@H]2[C@@H]3CCC4[C@@H](O)[C@@H](O)CC[C@]4(C)[C@@]3(F)CC[C@]2(C)N(C(=O)C2CCCCC2)C1. The Morgan fingerprint density at radius 3 is 2.31 bits per heavy atom. The van der Waals surface area contributed by atoms with Crippen LogP contribution in [0.1, 0.15) is 97.8 Å². The maximum absolute atomic E-state index is 17.3. The fourth-order valence-corrected chi connectivity index (χ4v) is 9.20. The van der Waals surface area contributed by atoms with Gasteiger partial charge in [0, 0.05) is 23.4 Å². The maximum Gasteiger partial charge on any atom is 0.226 e. The molecule has 4 nitrogen and oxygen atoms in total. The molecule has 0 aromatic carbocycles. The summed E-state index contributed by atoms with van der Waals surface area (Å²) in [6.45, 7) is 7.37. The van der Waals surface area contributed by atoms with Crippen LogP contribution in [0.4, 0.5) is 4.39 Å². The molecule has 4 saturated carbocycles. The van der Waals surface area contributed by atoms with E-state index in [4.69, 9.17) is 0 Å². The van der Waals surface area contributed by atoms with Gasteiger partial charge in [0.1, 0.15) is 5.67 Å². The monoisotopic (exact) mass is 449 g/mol. The number of hydrogen-bond donors (Lipinski definition) is 2. The minimum atomic E-state index is -1.32. The number of carbonyl (C=O) groups excluding carboxylic acids is 1. The van der Waals surface area contributed by atoms with Gasteiger partial charge in [0.2, 0.25) is 5.91 Å². The van der Waals surface area contributed by atoms with Crippen molar-refractivity contribution in [3.63, 3.8) is 0 Å². The summed E-state index contributed by atoms with van der Waals surface area (Å²) in [6, 6.07) is 0. The van der Waals surface area contributed by atoms with E-state index in [9.17, 15) is 15.0 Å². The molecule has 0 aromatic heterocycles. The van der Waals surface area contributed by atoms with Crippen molar-refractivity contribution in [1.29, 1.82) is 0 Å². The highest BCUT2D eigenvalue weighted by Gasteiger charge is 2.69. The lowest BCUT2D eigenvalue weighted by Gasteiger charge is -2.67. The van der Waals surface area contributed by atoms with Crippen molar-refractivity contribution in [2.45, 2.75) is 121 Å². The smallest absolute Gasteiger partial charge is 0.226 e. The third kappa shape index (κ3) is 3.16. The third-order valence-corrected chi connectivity index (χ3v) is 11.2. The number of aliphatic hydroxyl groups excluding tert-OH is 2. The van der Waals surface area contributed by atoms with Gasteiger partial charge in [-0.2, -0.15) is 0 Å². The molecule has 1 saturated heterocycles. The van der Waals surface area contributed by atoms with Crippen LogP contribution in [-0.2, 0) is 4.79 Å². The Labute approximate surface area is 193 Å². The minimum Gasteiger partial charge on any atom is -0.390 e. The van der Waals surface area contributed by atoms with Gasteiger partial charge in [-0.3, -0.25) is 4.79 Å². The molecular weight excluding hydrogens is 405 g/mol. The van der Waals surface area contributed by atoms with E-state index in [1.54, 1.807) is 0 Å². The molecule has 5 heteroatoms. The molecule has 1 amide bonds. The molecular formula is C27H44FNO3. The Kier molecular flexibility index (Phi) is 5.72. The molecule has 5 aliphatic rings. The number of fused-ring (bicyclic) bond motifs is 5. The summed E-state index contributed by atoms with van der Waals surface area (Å²) in [5, 5.41) is 21.0. The van der Waals surface area contributed by atoms with Gasteiger partial charge in [-0.25, -0.2) is 4.39 Å². The van der Waals surface area contributed by atoms with Crippen molar-refractivity contribution in [2.24, 2.45) is 35.0 Å². The van der Waals surface area contributed by atoms with Gasteiger partial charge in [0.15, 0.2) is 0 Å². The van der Waals surface area contributed by atoms with E-state index < -0.39 is 23.3 Å². The van der Waals surface area contributed by atoms with Crippen LogP contribution >= 0.6 is 0 Å². The van der Waals surface area contributed by atoms with E-state index in [0.29, 0.717) is 31.1 Å². The van der Waals surface area contributed by atoms with E-state index in [1.165, 1.54) is 6.42 Å². The second kappa shape index (κ2) is 7.93. The molecule has 2 N–H and O–H groups in total. The van der Waals surface area contributed by atoms with E-state index in [2.05, 4.69) is 25.7 Å². The number of nitrogens with zero attached hydrogens (tertiary/aromatic N) is 1. The number of likely N-dealkylation sites (tertiary alicyclic amines) is 1. The summed E-state index contributed by atoms with van der Waals surface area (Å²) < 4.78 is 17.3. The van der Waals surface area contributed by atoms with Gasteiger partial charge in [0.05, 0.1) is 12.2 Å². The van der Waals surface area contributed by atoms with Crippen molar-refractivity contribution in [2.75, 3.05) is 6.54 Å². The lowest BCUT2D eigenvalue weighted by Crippen LogP contribution is -2.72. The summed E-state index contributed by atoms with van der Waals surface area (Å²) >= 11 is 0. The van der Waals surface area contributed by atoms with E-state index in [-0.39, 0.29) is 29.2 Å². The van der Waals surface area contributed by atoms with Crippen LogP contribution in [0.25, 0.3) is 0 Å². The molecule has 0 radical (unpaired) electrons. The second-order valence-electron chi connectivity index (χ2n) is 12.8. The normalized spacial score (nSPS) is 52.0. The zero-order valence-electron chi connectivity index (χ0n) is 20.4. The van der Waals surface area contributed by atoms with Crippen LogP contribution in [0.15, 0.2) is 0 Å². The first-order chi connectivity index (χ1) is 15.1. The first kappa shape index (κ1) is 23.1. The van der Waals surface area contributed by atoms with Crippen LogP contribution in [0, 0.1) is 35.0 Å². The molecule has 32 heavy (non-hydrogen) atoms. The van der Waals surface area contributed by atoms with Gasteiger partial charge < -0.3 is 15.1 Å². The fraction of sp³-hybridized carbons (Fsp3) is 0.963. The molecule has 5 rings (SSSR count). The van der Waals surface area contributed by atoms with Crippen molar-refractivity contribution in [3.8, 4) is 0 Å². The number of aliphatic hydroxyl groups is 2. The molecule has 5 fully saturated rings. The Bertz CT molecular complexity index is 740. The summed E-state index contributed by atoms with van der Waals surface area (Å²) in [7, 11) is 0. The molecule has 0 spiro atoms. The van der Waals surface area contributed by atoms with Crippen molar-refractivity contribution in [1.82, 2.24) is 4.90 Å². The summed E-state index contributed by atoms with van der Waals surface area (Å²) in [5.74, 6) is 0.844. The van der Waals surface area contributed by atoms with E-state index >= 15 is 4.39 Å². The largest absolute Gasteiger partial charge is 0.390 e. The summed E-state index contributed by atoms with van der Waals surface area (Å²) in [5.41, 5.74) is -2.16. The molecule has 182 valence electrons. The topological polar surface area (TPSA) is 60.8 Å². The molecule has 9 atom stereocenters. The van der Waals surface area contributed by atoms with Gasteiger partial charge in [-0.05, 0) is 88.4 Å². The van der Waals surface area contributed by atoms with E-state index in [0.717, 1.165) is 57.9 Å². The number of rotatable bonds is 1. The summed E-state index contributed by atoms with van der Waals surface area (Å²) in [4.78, 5) is 16.0. The zero-order chi connectivity index (χ0) is 22.9. The molecule has 0 aromatic rings. The molecule has 1 heterocycles. The van der Waals surface area contributed by atoms with Crippen molar-refractivity contribution < 1.29 is 19.4 Å². The van der Waals surface area contributed by atoms with E-state index in [1.807, 2.05) is 0 Å². The molecule has 1 unspecified atom stereocenters. The van der Waals surface area contributed by atoms with Crippen molar-refractivity contribution in [3.05, 3.63) is 0 Å². The summed E-state index contributed by atoms with van der Waals surface area (Å²) in [6.07, 6.45) is 8.91. The number of carbonyl (C=O) groups is 1. The van der Waals surface area contributed by atoms with Crippen LogP contribution in [0.3, 0.4) is 0 Å². The first-order valence-electron chi connectivity index (χ1n) is 13.5. The number of halogens is 1. The highest BCUT2D eigenvalue weighted by Crippen LogP contribution is 2.67. The van der Waals surface area contributed by atoms with Crippen LogP contribution in [0.2, 0.25) is 0 Å². The second-order valence-corrected chi connectivity index (χ2v) is 12.8. The highest BCUT2D eigenvalue weighted by atomic mass is 19.1. The predicted octanol–water partition coefficient (Wildman–Crippen LogP) is 4.86. The molecule has 1 aliphatic heterocycles. The fourth-order valence-electron chi connectivity index (χ4n) is 9.20. The van der Waals surface area contributed by atoms with Gasteiger partial charge in [-0.15, -0.1) is 0 Å². The Balaban J connectivity index is 1.46. The highest BCUT2D eigenvalue weighted by molar-refractivity contribution is 5.80. The number of alkyl halides is 1. The van der Waals surface area contributed by atoms with Crippen molar-refractivity contribution >= 4 is 5.91 Å². The van der Waals surface area contributed by atoms with Gasteiger partial charge in [-0.1, -0.05) is 33.1 Å². The number of hydrogen-bond acceptors (Lipinski definition) is 3. The average Bonchev–Trinajstić information content (AvgIpc) is 2.78. The third-order valence-electron chi connectivity index (χ3n) is 11.2. The minimum absolute atomic E-state index is 0.0608. The number of piperidine rings is 1. The van der Waals surface area contributed by atoms with Gasteiger partial charge in [0.25, 0.3) is 0 Å². The van der Waals surface area contributed by atoms with Gasteiger partial charge >= 0.3 is 0 Å². The Hall–Kier alpha value is -0.680. The lowest BCUT2D eigenvalue weighted by atomic mass is 9.42. The lowest BCUT2D eigenvalue weighted by molar-refractivity contribution is -0.239. The zero-order valence-corrected chi connectivity index (χ0v) is 20.4. The molecule has 0 bridgehead atoms. The Morgan fingerprint density at radius 1 is 0.906 bits per heavy atom. The quantitative estimate of drug-likeness (QED) is 0.601. The standard InChI is InChI=1S/C27H44FNO3/c1-17-15-21-19-9-10-20-23(31)22(30)11-12-25(20,2)27(19,28)14-13-26(21,3)29(16-17)24(32)18-7-5-4-6-8-18/h17-23,30-31H,4-16H2,1-3H3/t17-,19-,20?,21-,22-,23+,25-,26-,27+/m0/s1. The first-order valence-corrected chi connectivity index (χ1v) is 13.5. The van der Waals surface area contributed by atoms with Crippen LogP contribution in [0.5, 0.6) is 0 Å².